The first-order chi connectivity index (χ1) is 21.4. The molecule has 0 aliphatic rings. The zero-order valence-electron chi connectivity index (χ0n) is 24.7. The number of nitrogens with zero attached hydrogens (tertiary/aromatic N) is 1. The van der Waals surface area contributed by atoms with Crippen molar-refractivity contribution in [3.8, 4) is 34.1 Å². The highest BCUT2D eigenvalue weighted by atomic mass is 16.5. The number of fused-ring (bicyclic) bond motifs is 1. The van der Waals surface area contributed by atoms with Crippen LogP contribution in [0.3, 0.4) is 0 Å². The van der Waals surface area contributed by atoms with Crippen LogP contribution >= 0.6 is 0 Å². The molecule has 0 saturated heterocycles. The summed E-state index contributed by atoms with van der Waals surface area (Å²) in [5, 5.41) is 11.9. The van der Waals surface area contributed by atoms with Crippen LogP contribution in [-0.2, 0) is 17.6 Å². The van der Waals surface area contributed by atoms with Crippen molar-refractivity contribution in [2.75, 3.05) is 6.61 Å². The summed E-state index contributed by atoms with van der Waals surface area (Å²) in [4.78, 5) is 17.1. The summed E-state index contributed by atoms with van der Waals surface area (Å²) in [5.41, 5.74) is 3.43. The minimum Gasteiger partial charge on any atom is -0.493 e. The molecule has 6 rings (SSSR count). The molecular formula is C38H33NO5. The Bertz CT molecular complexity index is 1900. The molecule has 220 valence electrons. The second-order valence-corrected chi connectivity index (χ2v) is 11.0. The molecule has 44 heavy (non-hydrogen) atoms. The van der Waals surface area contributed by atoms with Crippen LogP contribution in [0.5, 0.6) is 11.5 Å². The molecule has 6 nitrogen and oxygen atoms in total. The monoisotopic (exact) mass is 583 g/mol. The first kappa shape index (κ1) is 28.7. The third kappa shape index (κ3) is 6.20. The Balaban J connectivity index is 1.18. The van der Waals surface area contributed by atoms with Crippen LogP contribution in [-0.4, -0.2) is 28.3 Å². The normalized spacial score (nSPS) is 12.5. The number of hydrogen-bond donors (Lipinski definition) is 1. The molecule has 1 atom stereocenters. The van der Waals surface area contributed by atoms with E-state index in [-0.39, 0.29) is 6.42 Å². The van der Waals surface area contributed by atoms with Gasteiger partial charge in [0.2, 0.25) is 11.5 Å². The lowest BCUT2D eigenvalue weighted by Gasteiger charge is -2.27. The number of carboxylic acid groups (broad SMARTS) is 1. The second kappa shape index (κ2) is 12.5. The molecule has 5 aromatic carbocycles. The highest BCUT2D eigenvalue weighted by Gasteiger charge is 2.36. The molecule has 0 radical (unpaired) electrons. The van der Waals surface area contributed by atoms with Crippen molar-refractivity contribution >= 4 is 16.7 Å². The lowest BCUT2D eigenvalue weighted by atomic mass is 9.92. The highest BCUT2D eigenvalue weighted by Crippen LogP contribution is 2.33. The largest absolute Gasteiger partial charge is 0.493 e. The zero-order valence-corrected chi connectivity index (χ0v) is 24.7. The van der Waals surface area contributed by atoms with Gasteiger partial charge in [-0.1, -0.05) is 91.0 Å². The van der Waals surface area contributed by atoms with E-state index in [0.29, 0.717) is 24.7 Å². The minimum atomic E-state index is -1.45. The second-order valence-electron chi connectivity index (χ2n) is 11.0. The summed E-state index contributed by atoms with van der Waals surface area (Å²) in [6, 6.07) is 39.2. The summed E-state index contributed by atoms with van der Waals surface area (Å²) in [7, 11) is 0. The topological polar surface area (TPSA) is 81.8 Å². The quantitative estimate of drug-likeness (QED) is 0.165. The number of oxazole rings is 1. The van der Waals surface area contributed by atoms with Crippen LogP contribution in [0, 0.1) is 6.92 Å². The van der Waals surface area contributed by atoms with E-state index in [1.807, 2.05) is 91.9 Å². The van der Waals surface area contributed by atoms with Crippen LogP contribution in [0.25, 0.3) is 33.4 Å². The van der Waals surface area contributed by atoms with Gasteiger partial charge in [-0.3, -0.25) is 0 Å². The van der Waals surface area contributed by atoms with E-state index in [1.54, 1.807) is 19.1 Å². The maximum atomic E-state index is 12.3. The highest BCUT2D eigenvalue weighted by molar-refractivity contribution is 5.92. The minimum absolute atomic E-state index is 0.185. The molecule has 0 amide bonds. The smallest absolute Gasteiger partial charge is 0.348 e. The fraction of sp³-hybridized carbons (Fsp3) is 0.158. The van der Waals surface area contributed by atoms with Crippen molar-refractivity contribution in [2.45, 2.75) is 32.3 Å². The van der Waals surface area contributed by atoms with E-state index in [9.17, 15) is 9.90 Å². The zero-order chi connectivity index (χ0) is 30.5. The third-order valence-corrected chi connectivity index (χ3v) is 7.75. The first-order valence-electron chi connectivity index (χ1n) is 14.6. The van der Waals surface area contributed by atoms with Gasteiger partial charge in [-0.15, -0.1) is 0 Å². The van der Waals surface area contributed by atoms with Gasteiger partial charge in [-0.2, -0.15) is 0 Å². The Morgan fingerprint density at radius 1 is 0.795 bits per heavy atom. The van der Waals surface area contributed by atoms with Gasteiger partial charge in [0.05, 0.1) is 12.3 Å². The number of ether oxygens (including phenoxy) is 2. The Kier molecular flexibility index (Phi) is 8.15. The molecule has 1 N–H and O–H groups in total. The number of aromatic nitrogens is 1. The average molecular weight is 584 g/mol. The van der Waals surface area contributed by atoms with Crippen molar-refractivity contribution in [1.29, 1.82) is 0 Å². The first-order valence-corrected chi connectivity index (χ1v) is 14.6. The molecule has 0 spiro atoms. The van der Waals surface area contributed by atoms with E-state index < -0.39 is 11.6 Å². The number of aliphatic carboxylic acids is 1. The molecule has 0 bridgehead atoms. The number of rotatable bonds is 11. The summed E-state index contributed by atoms with van der Waals surface area (Å²) in [6.07, 6.45) is 0.760. The SMILES string of the molecule is Cc1oc(-c2cccc(-c3ccccc3)c2)nc1CCOc1ccc(CC(C)(Oc2ccccc2)C(=O)O)c2ccccc12. The van der Waals surface area contributed by atoms with Crippen LogP contribution < -0.4 is 9.47 Å². The lowest BCUT2D eigenvalue weighted by Crippen LogP contribution is -2.43. The predicted molar refractivity (Wildman–Crippen MR) is 172 cm³/mol. The number of benzene rings is 5. The molecule has 0 aliphatic carbocycles. The van der Waals surface area contributed by atoms with Crippen molar-refractivity contribution in [1.82, 2.24) is 4.98 Å². The Hall–Kier alpha value is -5.36. The molecular weight excluding hydrogens is 550 g/mol. The Morgan fingerprint density at radius 3 is 2.20 bits per heavy atom. The predicted octanol–water partition coefficient (Wildman–Crippen LogP) is 8.56. The third-order valence-electron chi connectivity index (χ3n) is 7.75. The van der Waals surface area contributed by atoms with Crippen LogP contribution in [0.2, 0.25) is 0 Å². The van der Waals surface area contributed by atoms with E-state index in [4.69, 9.17) is 18.9 Å². The number of aryl methyl sites for hydroxylation is 1. The number of carbonyl (C=O) groups is 1. The summed E-state index contributed by atoms with van der Waals surface area (Å²) >= 11 is 0. The number of carboxylic acids is 1. The maximum absolute atomic E-state index is 12.3. The number of hydrogen-bond acceptors (Lipinski definition) is 5. The molecule has 1 heterocycles. The average Bonchev–Trinajstić information content (AvgIpc) is 3.43. The molecule has 0 fully saturated rings. The molecule has 0 aliphatic heterocycles. The fourth-order valence-corrected chi connectivity index (χ4v) is 5.38. The van der Waals surface area contributed by atoms with Gasteiger partial charge >= 0.3 is 5.97 Å². The van der Waals surface area contributed by atoms with Gasteiger partial charge in [-0.25, -0.2) is 9.78 Å². The molecule has 6 heteroatoms. The van der Waals surface area contributed by atoms with Crippen molar-refractivity contribution in [3.05, 3.63) is 138 Å². The van der Waals surface area contributed by atoms with Gasteiger partial charge in [0.1, 0.15) is 17.3 Å². The summed E-state index contributed by atoms with van der Waals surface area (Å²) in [5.74, 6) is 1.56. The molecule has 0 saturated carbocycles. The van der Waals surface area contributed by atoms with E-state index in [2.05, 4.69) is 24.3 Å². The summed E-state index contributed by atoms with van der Waals surface area (Å²) < 4.78 is 18.3. The lowest BCUT2D eigenvalue weighted by molar-refractivity contribution is -0.153. The molecule has 1 aromatic heterocycles. The van der Waals surface area contributed by atoms with Crippen LogP contribution in [0.1, 0.15) is 23.9 Å². The number of para-hydroxylation sites is 1. The standard InChI is InChI=1S/C38H33NO5/c1-26-34(39-36(43-26)29-15-11-14-28(24-29)27-12-5-3-6-13-27)22-23-42-35-21-20-30(32-18-9-10-19-33(32)35)25-38(2,37(40)41)44-31-16-7-4-8-17-31/h3-21,24H,22-23,25H2,1-2H3,(H,40,41). The van der Waals surface area contributed by atoms with Gasteiger partial charge in [-0.05, 0) is 66.3 Å². The maximum Gasteiger partial charge on any atom is 0.348 e. The van der Waals surface area contributed by atoms with Crippen molar-refractivity contribution in [3.63, 3.8) is 0 Å². The van der Waals surface area contributed by atoms with E-state index in [0.717, 1.165) is 50.2 Å². The van der Waals surface area contributed by atoms with Crippen LogP contribution in [0.15, 0.2) is 126 Å². The van der Waals surface area contributed by atoms with Gasteiger partial charge in [0.15, 0.2) is 0 Å². The molecule has 6 aromatic rings. The van der Waals surface area contributed by atoms with E-state index >= 15 is 0 Å². The van der Waals surface area contributed by atoms with Gasteiger partial charge in [0.25, 0.3) is 0 Å². The van der Waals surface area contributed by atoms with Crippen molar-refractivity contribution in [2.24, 2.45) is 0 Å². The van der Waals surface area contributed by atoms with Gasteiger partial charge < -0.3 is 19.0 Å². The van der Waals surface area contributed by atoms with E-state index in [1.165, 1.54) is 0 Å². The van der Waals surface area contributed by atoms with Gasteiger partial charge in [0, 0.05) is 23.8 Å². The Labute approximate surface area is 256 Å². The van der Waals surface area contributed by atoms with Crippen molar-refractivity contribution < 1.29 is 23.8 Å². The van der Waals surface area contributed by atoms with Crippen LogP contribution in [0.4, 0.5) is 0 Å². The molecule has 1 unspecified atom stereocenters. The Morgan fingerprint density at radius 2 is 1.45 bits per heavy atom. The summed E-state index contributed by atoms with van der Waals surface area (Å²) in [6.45, 7) is 3.94. The fourth-order valence-electron chi connectivity index (χ4n) is 5.38.